The van der Waals surface area contributed by atoms with Gasteiger partial charge in [0, 0.05) is 18.7 Å². The van der Waals surface area contributed by atoms with Crippen molar-refractivity contribution in [1.29, 1.82) is 0 Å². The largest absolute Gasteiger partial charge is 0.486 e. The van der Waals surface area contributed by atoms with Crippen molar-refractivity contribution in [2.24, 2.45) is 0 Å². The summed E-state index contributed by atoms with van der Waals surface area (Å²) in [7, 11) is 0. The molecular formula is C21H22N2O6. The monoisotopic (exact) mass is 398 g/mol. The molecule has 8 heteroatoms. The van der Waals surface area contributed by atoms with Gasteiger partial charge < -0.3 is 24.4 Å². The molecule has 1 N–H and O–H groups in total. The molecule has 0 bridgehead atoms. The van der Waals surface area contributed by atoms with E-state index in [1.807, 2.05) is 0 Å². The van der Waals surface area contributed by atoms with Crippen LogP contribution in [0.25, 0.3) is 0 Å². The van der Waals surface area contributed by atoms with Gasteiger partial charge in [0.1, 0.15) is 19.8 Å². The first-order valence-corrected chi connectivity index (χ1v) is 9.23. The predicted octanol–water partition coefficient (Wildman–Crippen LogP) is 2.63. The minimum atomic E-state index is -0.554. The highest BCUT2D eigenvalue weighted by atomic mass is 16.6. The van der Waals surface area contributed by atoms with Gasteiger partial charge in [-0.3, -0.25) is 9.59 Å². The van der Waals surface area contributed by atoms with Gasteiger partial charge in [0.25, 0.3) is 0 Å². The van der Waals surface area contributed by atoms with Crippen LogP contribution in [-0.4, -0.2) is 44.1 Å². The summed E-state index contributed by atoms with van der Waals surface area (Å²) in [5.74, 6) is -0.190. The molecule has 0 aromatic heterocycles. The first kappa shape index (κ1) is 20.2. The van der Waals surface area contributed by atoms with Crippen LogP contribution in [0, 0.1) is 0 Å². The Kier molecular flexibility index (Phi) is 6.33. The molecule has 2 amide bonds. The summed E-state index contributed by atoms with van der Waals surface area (Å²) in [5.41, 5.74) is 1.05. The molecule has 1 aliphatic heterocycles. The van der Waals surface area contributed by atoms with Gasteiger partial charge in [-0.2, -0.15) is 0 Å². The maximum absolute atomic E-state index is 12.6. The summed E-state index contributed by atoms with van der Waals surface area (Å²) in [6.07, 6.45) is 0. The van der Waals surface area contributed by atoms with Crippen LogP contribution in [0.4, 0.5) is 11.4 Å². The second-order valence-corrected chi connectivity index (χ2v) is 6.25. The summed E-state index contributed by atoms with van der Waals surface area (Å²) in [5, 5.41) is 2.74. The van der Waals surface area contributed by atoms with E-state index in [4.69, 9.17) is 14.2 Å². The number of hydrogen-bond donors (Lipinski definition) is 1. The van der Waals surface area contributed by atoms with Crippen LogP contribution in [0.2, 0.25) is 0 Å². The number of para-hydroxylation sites is 1. The fourth-order valence-electron chi connectivity index (χ4n) is 2.92. The van der Waals surface area contributed by atoms with Gasteiger partial charge >= 0.3 is 5.97 Å². The number of fused-ring (bicyclic) bond motifs is 1. The SMILES string of the molecule is CCOC(=O)c1ccccc1N(CC(=O)Nc1ccc2c(c1)OCCO2)C(C)=O. The van der Waals surface area contributed by atoms with E-state index in [1.165, 1.54) is 11.8 Å². The van der Waals surface area contributed by atoms with E-state index in [1.54, 1.807) is 49.4 Å². The zero-order valence-electron chi connectivity index (χ0n) is 16.3. The number of esters is 1. The summed E-state index contributed by atoms with van der Waals surface area (Å²) in [6.45, 7) is 3.89. The average molecular weight is 398 g/mol. The minimum Gasteiger partial charge on any atom is -0.486 e. The van der Waals surface area contributed by atoms with Gasteiger partial charge in [-0.05, 0) is 31.2 Å². The lowest BCUT2D eigenvalue weighted by atomic mass is 10.1. The van der Waals surface area contributed by atoms with Crippen molar-refractivity contribution >= 4 is 29.2 Å². The van der Waals surface area contributed by atoms with Crippen LogP contribution in [0.5, 0.6) is 11.5 Å². The van der Waals surface area contributed by atoms with Crippen molar-refractivity contribution < 1.29 is 28.6 Å². The van der Waals surface area contributed by atoms with Gasteiger partial charge in [-0.25, -0.2) is 4.79 Å². The molecule has 2 aromatic carbocycles. The molecule has 0 atom stereocenters. The third-order valence-corrected chi connectivity index (χ3v) is 4.20. The van der Waals surface area contributed by atoms with E-state index in [0.29, 0.717) is 36.1 Å². The number of benzene rings is 2. The number of carbonyl (C=O) groups is 3. The summed E-state index contributed by atoms with van der Waals surface area (Å²) >= 11 is 0. The Morgan fingerprint density at radius 2 is 1.79 bits per heavy atom. The van der Waals surface area contributed by atoms with Crippen molar-refractivity contribution in [3.05, 3.63) is 48.0 Å². The van der Waals surface area contributed by atoms with E-state index in [9.17, 15) is 14.4 Å². The molecule has 1 aliphatic rings. The number of rotatable bonds is 6. The number of ether oxygens (including phenoxy) is 3. The van der Waals surface area contributed by atoms with Gasteiger partial charge in [0.05, 0.1) is 17.9 Å². The Bertz CT molecular complexity index is 927. The molecule has 2 aromatic rings. The summed E-state index contributed by atoms with van der Waals surface area (Å²) in [4.78, 5) is 38.3. The second kappa shape index (κ2) is 9.09. The van der Waals surface area contributed by atoms with Crippen molar-refractivity contribution in [2.45, 2.75) is 13.8 Å². The van der Waals surface area contributed by atoms with Crippen molar-refractivity contribution in [1.82, 2.24) is 0 Å². The van der Waals surface area contributed by atoms with Crippen LogP contribution >= 0.6 is 0 Å². The Labute approximate surface area is 168 Å². The number of nitrogens with zero attached hydrogens (tertiary/aromatic N) is 1. The maximum atomic E-state index is 12.6. The Balaban J connectivity index is 1.77. The van der Waals surface area contributed by atoms with Crippen molar-refractivity contribution in [2.75, 3.05) is 36.6 Å². The molecule has 29 heavy (non-hydrogen) atoms. The third-order valence-electron chi connectivity index (χ3n) is 4.20. The van der Waals surface area contributed by atoms with Crippen LogP contribution in [0.3, 0.4) is 0 Å². The topological polar surface area (TPSA) is 94.2 Å². The highest BCUT2D eigenvalue weighted by molar-refractivity contribution is 6.06. The molecule has 0 unspecified atom stereocenters. The Hall–Kier alpha value is -3.55. The molecule has 0 saturated carbocycles. The zero-order chi connectivity index (χ0) is 20.8. The van der Waals surface area contributed by atoms with E-state index in [-0.39, 0.29) is 24.6 Å². The molecule has 0 fully saturated rings. The van der Waals surface area contributed by atoms with E-state index in [0.717, 1.165) is 0 Å². The lowest BCUT2D eigenvalue weighted by Crippen LogP contribution is -2.37. The Morgan fingerprint density at radius 3 is 2.52 bits per heavy atom. The number of hydrogen-bond acceptors (Lipinski definition) is 6. The van der Waals surface area contributed by atoms with Crippen molar-refractivity contribution in [3.8, 4) is 11.5 Å². The highest BCUT2D eigenvalue weighted by Gasteiger charge is 2.22. The summed E-state index contributed by atoms with van der Waals surface area (Å²) < 4.78 is 16.0. The fraction of sp³-hybridized carbons (Fsp3) is 0.286. The number of anilines is 2. The molecule has 0 saturated heterocycles. The number of amides is 2. The lowest BCUT2D eigenvalue weighted by molar-refractivity contribution is -0.120. The van der Waals surface area contributed by atoms with E-state index >= 15 is 0 Å². The molecule has 0 aliphatic carbocycles. The minimum absolute atomic E-state index is 0.206. The molecule has 3 rings (SSSR count). The van der Waals surface area contributed by atoms with Crippen LogP contribution in [0.15, 0.2) is 42.5 Å². The lowest BCUT2D eigenvalue weighted by Gasteiger charge is -2.23. The van der Waals surface area contributed by atoms with Crippen molar-refractivity contribution in [3.63, 3.8) is 0 Å². The molecule has 0 radical (unpaired) electrons. The predicted molar refractivity (Wildman–Crippen MR) is 106 cm³/mol. The van der Waals surface area contributed by atoms with Crippen LogP contribution < -0.4 is 19.7 Å². The highest BCUT2D eigenvalue weighted by Crippen LogP contribution is 2.32. The van der Waals surface area contributed by atoms with Gasteiger partial charge in [-0.15, -0.1) is 0 Å². The standard InChI is InChI=1S/C21H22N2O6/c1-3-27-21(26)16-6-4-5-7-17(16)23(14(2)24)13-20(25)22-15-8-9-18-19(12-15)29-11-10-28-18/h4-9,12H,3,10-11,13H2,1-2H3,(H,22,25). The maximum Gasteiger partial charge on any atom is 0.340 e. The number of nitrogens with one attached hydrogen (secondary N) is 1. The summed E-state index contributed by atoms with van der Waals surface area (Å²) in [6, 6.07) is 11.6. The van der Waals surface area contributed by atoms with Gasteiger partial charge in [0.15, 0.2) is 11.5 Å². The average Bonchev–Trinajstić information content (AvgIpc) is 2.72. The van der Waals surface area contributed by atoms with E-state index in [2.05, 4.69) is 5.32 Å². The van der Waals surface area contributed by atoms with Crippen LogP contribution in [0.1, 0.15) is 24.2 Å². The van der Waals surface area contributed by atoms with Gasteiger partial charge in [-0.1, -0.05) is 12.1 Å². The second-order valence-electron chi connectivity index (χ2n) is 6.25. The van der Waals surface area contributed by atoms with E-state index < -0.39 is 11.9 Å². The Morgan fingerprint density at radius 1 is 1.07 bits per heavy atom. The first-order valence-electron chi connectivity index (χ1n) is 9.23. The number of carbonyl (C=O) groups excluding carboxylic acids is 3. The molecular weight excluding hydrogens is 376 g/mol. The molecule has 0 spiro atoms. The molecule has 1 heterocycles. The smallest absolute Gasteiger partial charge is 0.340 e. The van der Waals surface area contributed by atoms with Crippen LogP contribution in [-0.2, 0) is 14.3 Å². The quantitative estimate of drug-likeness (QED) is 0.752. The fourth-order valence-corrected chi connectivity index (χ4v) is 2.92. The molecule has 152 valence electrons. The molecule has 8 nitrogen and oxygen atoms in total. The zero-order valence-corrected chi connectivity index (χ0v) is 16.3. The normalized spacial score (nSPS) is 12.1. The van der Waals surface area contributed by atoms with Gasteiger partial charge in [0.2, 0.25) is 11.8 Å². The first-order chi connectivity index (χ1) is 14.0. The third kappa shape index (κ3) is 4.84.